The van der Waals surface area contributed by atoms with Crippen molar-refractivity contribution in [1.29, 1.82) is 0 Å². The number of likely N-dealkylation sites (tertiary alicyclic amines) is 1. The van der Waals surface area contributed by atoms with Crippen molar-refractivity contribution in [3.8, 4) is 0 Å². The van der Waals surface area contributed by atoms with Gasteiger partial charge in [0.05, 0.1) is 11.8 Å². The number of hydrogen-bond acceptors (Lipinski definition) is 3. The number of para-hydroxylation sites is 1. The second-order valence-corrected chi connectivity index (χ2v) is 8.88. The van der Waals surface area contributed by atoms with Gasteiger partial charge in [0.15, 0.2) is 0 Å². The van der Waals surface area contributed by atoms with E-state index in [1.54, 1.807) is 0 Å². The predicted molar refractivity (Wildman–Crippen MR) is 106 cm³/mol. The molecule has 3 amide bonds. The molecule has 0 radical (unpaired) electrons. The second-order valence-electron chi connectivity index (χ2n) is 8.88. The Kier molecular flexibility index (Phi) is 3.55. The van der Waals surface area contributed by atoms with Crippen LogP contribution in [-0.2, 0) is 20.8 Å². The molecule has 6 nitrogen and oxygen atoms in total. The Hall–Kier alpha value is -2.89. The first kappa shape index (κ1) is 17.0. The quantitative estimate of drug-likeness (QED) is 0.605. The molecule has 0 unspecified atom stereocenters. The van der Waals surface area contributed by atoms with Gasteiger partial charge in [-0.3, -0.25) is 19.3 Å². The Morgan fingerprint density at radius 3 is 2.48 bits per heavy atom. The number of nitrogens with zero attached hydrogens (tertiary/aromatic N) is 1. The number of nitrogens with one attached hydrogen (secondary N) is 2. The molecule has 2 N–H and O–H groups in total. The third-order valence-electron chi connectivity index (χ3n) is 7.45. The van der Waals surface area contributed by atoms with Crippen molar-refractivity contribution in [2.24, 2.45) is 35.5 Å². The largest absolute Gasteiger partial charge is 0.361 e. The van der Waals surface area contributed by atoms with Gasteiger partial charge in [-0.05, 0) is 48.1 Å². The van der Waals surface area contributed by atoms with Crippen LogP contribution < -0.4 is 5.32 Å². The summed E-state index contributed by atoms with van der Waals surface area (Å²) < 4.78 is 0. The number of aromatic amines is 1. The third kappa shape index (κ3) is 2.44. The lowest BCUT2D eigenvalue weighted by Gasteiger charge is -2.37. The first-order chi connectivity index (χ1) is 14.1. The summed E-state index contributed by atoms with van der Waals surface area (Å²) in [5, 5.41) is 4.03. The molecule has 29 heavy (non-hydrogen) atoms. The Labute approximate surface area is 168 Å². The van der Waals surface area contributed by atoms with Gasteiger partial charge in [0, 0.05) is 23.6 Å². The molecule has 7 rings (SSSR count). The summed E-state index contributed by atoms with van der Waals surface area (Å²) in [6.45, 7) is 0.314. The van der Waals surface area contributed by atoms with Gasteiger partial charge < -0.3 is 10.3 Å². The zero-order chi connectivity index (χ0) is 19.7. The summed E-state index contributed by atoms with van der Waals surface area (Å²) in [6.07, 6.45) is 8.10. The van der Waals surface area contributed by atoms with Gasteiger partial charge in [0.2, 0.25) is 17.7 Å². The van der Waals surface area contributed by atoms with Gasteiger partial charge in [-0.2, -0.15) is 0 Å². The summed E-state index contributed by atoms with van der Waals surface area (Å²) >= 11 is 0. The van der Waals surface area contributed by atoms with Crippen molar-refractivity contribution < 1.29 is 14.4 Å². The molecule has 6 heteroatoms. The van der Waals surface area contributed by atoms with Gasteiger partial charge in [-0.1, -0.05) is 30.4 Å². The maximum absolute atomic E-state index is 12.9. The van der Waals surface area contributed by atoms with E-state index >= 15 is 0 Å². The Morgan fingerprint density at radius 1 is 1.07 bits per heavy atom. The van der Waals surface area contributed by atoms with Crippen LogP contribution in [0.2, 0.25) is 0 Å². The number of allylic oxidation sites excluding steroid dienone is 2. The SMILES string of the molecule is O=C(CN1C(=O)[C@@H]2[C@H]3C=C[C@@H]([C@@H]4C[C@@H]34)[C@H]2C1=O)NCCc1c[nH]c2ccccc12. The van der Waals surface area contributed by atoms with Gasteiger partial charge in [-0.25, -0.2) is 0 Å². The molecule has 6 atom stereocenters. The van der Waals surface area contributed by atoms with Crippen molar-refractivity contribution >= 4 is 28.6 Å². The second kappa shape index (κ2) is 6.05. The number of rotatable bonds is 5. The van der Waals surface area contributed by atoms with Crippen LogP contribution in [0.4, 0.5) is 0 Å². The number of amides is 3. The predicted octanol–water partition coefficient (Wildman–Crippen LogP) is 1.88. The van der Waals surface area contributed by atoms with Gasteiger partial charge in [0.25, 0.3) is 0 Å². The Morgan fingerprint density at radius 2 is 1.76 bits per heavy atom. The van der Waals surface area contributed by atoms with E-state index in [-0.39, 0.29) is 47.9 Å². The molecule has 5 aliphatic rings. The number of carbonyl (C=O) groups is 3. The lowest BCUT2D eigenvalue weighted by Crippen LogP contribution is -2.41. The number of imide groups is 1. The van der Waals surface area contributed by atoms with Crippen molar-refractivity contribution in [2.75, 3.05) is 13.1 Å². The van der Waals surface area contributed by atoms with Crippen LogP contribution in [0.25, 0.3) is 10.9 Å². The fourth-order valence-corrected chi connectivity index (χ4v) is 6.05. The molecule has 2 bridgehead atoms. The fourth-order valence-electron chi connectivity index (χ4n) is 6.05. The highest BCUT2D eigenvalue weighted by atomic mass is 16.2. The van der Waals surface area contributed by atoms with Gasteiger partial charge >= 0.3 is 0 Å². The molecule has 0 spiro atoms. The summed E-state index contributed by atoms with van der Waals surface area (Å²) in [7, 11) is 0. The number of hydrogen-bond donors (Lipinski definition) is 2. The summed E-state index contributed by atoms with van der Waals surface area (Å²) in [4.78, 5) is 42.8. The molecule has 2 saturated carbocycles. The van der Waals surface area contributed by atoms with E-state index in [4.69, 9.17) is 0 Å². The first-order valence-electron chi connectivity index (χ1n) is 10.5. The molecular formula is C23H23N3O3. The minimum Gasteiger partial charge on any atom is -0.361 e. The number of benzene rings is 1. The summed E-state index contributed by atoms with van der Waals surface area (Å²) in [5.41, 5.74) is 2.22. The van der Waals surface area contributed by atoms with E-state index in [1.165, 1.54) is 4.90 Å². The maximum Gasteiger partial charge on any atom is 0.240 e. The van der Waals surface area contributed by atoms with Crippen LogP contribution in [0.1, 0.15) is 12.0 Å². The Balaban J connectivity index is 1.09. The molecule has 3 fully saturated rings. The highest BCUT2D eigenvalue weighted by Crippen LogP contribution is 2.65. The average Bonchev–Trinajstić information content (AvgIpc) is 3.42. The highest BCUT2D eigenvalue weighted by Gasteiger charge is 2.67. The molecule has 1 aromatic carbocycles. The zero-order valence-electron chi connectivity index (χ0n) is 16.0. The van der Waals surface area contributed by atoms with E-state index in [1.807, 2.05) is 24.4 Å². The average molecular weight is 389 g/mol. The molecule has 2 aromatic rings. The third-order valence-corrected chi connectivity index (χ3v) is 7.45. The number of H-pyrrole nitrogens is 1. The van der Waals surface area contributed by atoms with Gasteiger partial charge in [0.1, 0.15) is 6.54 Å². The Bertz CT molecular complexity index is 1030. The van der Waals surface area contributed by atoms with Crippen LogP contribution in [0.15, 0.2) is 42.6 Å². The molecular weight excluding hydrogens is 366 g/mol. The number of aromatic nitrogens is 1. The van der Waals surface area contributed by atoms with Crippen LogP contribution in [-0.4, -0.2) is 40.7 Å². The standard InChI is InChI=1S/C23H23N3O3/c27-19(24-8-7-12-10-25-18-4-2-1-3-13(12)18)11-26-22(28)20-14-5-6-15(17-9-16(14)17)21(20)23(26)29/h1-6,10,14-17,20-21,25H,7-9,11H2,(H,24,27)/t14-,15-,16-,17-,20+,21+/m0/s1. The first-order valence-corrected chi connectivity index (χ1v) is 10.5. The number of carbonyl (C=O) groups excluding carboxylic acids is 3. The van der Waals surface area contributed by atoms with E-state index < -0.39 is 0 Å². The molecule has 2 heterocycles. The topological polar surface area (TPSA) is 82.3 Å². The monoisotopic (exact) mass is 389 g/mol. The maximum atomic E-state index is 12.9. The molecule has 4 aliphatic carbocycles. The molecule has 1 saturated heterocycles. The number of fused-ring (bicyclic) bond motifs is 1. The van der Waals surface area contributed by atoms with Crippen molar-refractivity contribution in [3.05, 3.63) is 48.2 Å². The van der Waals surface area contributed by atoms with Crippen LogP contribution >= 0.6 is 0 Å². The summed E-state index contributed by atoms with van der Waals surface area (Å²) in [6, 6.07) is 8.05. The molecule has 1 aliphatic heterocycles. The van der Waals surface area contributed by atoms with E-state index in [0.717, 1.165) is 22.9 Å². The zero-order valence-corrected chi connectivity index (χ0v) is 16.0. The van der Waals surface area contributed by atoms with Crippen LogP contribution in [0.5, 0.6) is 0 Å². The molecule has 148 valence electrons. The van der Waals surface area contributed by atoms with Crippen LogP contribution in [0.3, 0.4) is 0 Å². The fraction of sp³-hybridized carbons (Fsp3) is 0.435. The lowest BCUT2D eigenvalue weighted by molar-refractivity contribution is -0.143. The van der Waals surface area contributed by atoms with Crippen molar-refractivity contribution in [3.63, 3.8) is 0 Å². The smallest absolute Gasteiger partial charge is 0.240 e. The van der Waals surface area contributed by atoms with E-state index in [2.05, 4.69) is 28.5 Å². The molecule has 1 aromatic heterocycles. The van der Waals surface area contributed by atoms with Crippen molar-refractivity contribution in [1.82, 2.24) is 15.2 Å². The van der Waals surface area contributed by atoms with Crippen molar-refractivity contribution in [2.45, 2.75) is 12.8 Å². The summed E-state index contributed by atoms with van der Waals surface area (Å²) in [5.74, 6) is 0.521. The van der Waals surface area contributed by atoms with Gasteiger partial charge in [-0.15, -0.1) is 0 Å². The van der Waals surface area contributed by atoms with E-state index in [9.17, 15) is 14.4 Å². The van der Waals surface area contributed by atoms with E-state index in [0.29, 0.717) is 24.8 Å². The lowest BCUT2D eigenvalue weighted by atomic mass is 9.63. The normalized spacial score (nSPS) is 33.9. The van der Waals surface area contributed by atoms with Crippen LogP contribution in [0, 0.1) is 35.5 Å². The minimum atomic E-state index is -0.268. The highest BCUT2D eigenvalue weighted by molar-refractivity contribution is 6.08. The minimum absolute atomic E-state index is 0.142.